The van der Waals surface area contributed by atoms with Gasteiger partial charge in [0, 0.05) is 24.1 Å². The van der Waals surface area contributed by atoms with E-state index in [-0.39, 0.29) is 23.9 Å². The third kappa shape index (κ3) is 4.87. The van der Waals surface area contributed by atoms with E-state index in [2.05, 4.69) is 10.6 Å². The molecule has 2 aromatic carbocycles. The highest BCUT2D eigenvalue weighted by Crippen LogP contribution is 2.19. The van der Waals surface area contributed by atoms with Gasteiger partial charge in [-0.2, -0.15) is 0 Å². The van der Waals surface area contributed by atoms with Crippen molar-refractivity contribution in [2.45, 2.75) is 43.9 Å². The maximum Gasteiger partial charge on any atom is 0.287 e. The third-order valence-corrected chi connectivity index (χ3v) is 4.76. The van der Waals surface area contributed by atoms with Crippen molar-refractivity contribution in [2.75, 3.05) is 5.32 Å². The lowest BCUT2D eigenvalue weighted by atomic mass is 9.92. The van der Waals surface area contributed by atoms with Gasteiger partial charge in [0.2, 0.25) is 0 Å². The topological polar surface area (TPSA) is 65.9 Å². The number of aliphatic hydroxyl groups is 1. The molecule has 0 radical (unpaired) electrons. The van der Waals surface area contributed by atoms with Crippen LogP contribution in [0.1, 0.15) is 37.3 Å². The number of aliphatic hydroxyl groups excluding tert-OH is 1. The fourth-order valence-corrected chi connectivity index (χ4v) is 3.33. The van der Waals surface area contributed by atoms with Crippen molar-refractivity contribution < 1.29 is 19.6 Å². The van der Waals surface area contributed by atoms with E-state index in [1.54, 1.807) is 12.1 Å². The smallest absolute Gasteiger partial charge is 0.287 e. The second-order valence-corrected chi connectivity index (χ2v) is 6.65. The van der Waals surface area contributed by atoms with Gasteiger partial charge in [0.15, 0.2) is 6.04 Å². The number of carbonyl (C=O) groups is 1. The van der Waals surface area contributed by atoms with E-state index in [0.717, 1.165) is 31.2 Å². The largest absolute Gasteiger partial charge is 0.393 e. The lowest BCUT2D eigenvalue weighted by molar-refractivity contribution is -0.718. The quantitative estimate of drug-likeness (QED) is 0.780. The average molecular weight is 343 g/mol. The SMILES string of the molecule is O=C(Nc1ccc(F)cc1)[C@@H]([NH2+]C1CCC(O)CC1)c1ccccc1. The molecule has 5 heteroatoms. The summed E-state index contributed by atoms with van der Waals surface area (Å²) in [6.07, 6.45) is 3.14. The maximum absolute atomic E-state index is 13.0. The number of hydrogen-bond acceptors (Lipinski definition) is 2. The molecule has 1 atom stereocenters. The minimum atomic E-state index is -0.369. The van der Waals surface area contributed by atoms with Crippen molar-refractivity contribution in [3.8, 4) is 0 Å². The Bertz CT molecular complexity index is 683. The summed E-state index contributed by atoms with van der Waals surface area (Å²) in [7, 11) is 0. The summed E-state index contributed by atoms with van der Waals surface area (Å²) in [5.41, 5.74) is 1.52. The van der Waals surface area contributed by atoms with Crippen LogP contribution in [-0.4, -0.2) is 23.2 Å². The Morgan fingerprint density at radius 3 is 2.32 bits per heavy atom. The van der Waals surface area contributed by atoms with E-state index >= 15 is 0 Å². The van der Waals surface area contributed by atoms with Crippen molar-refractivity contribution in [3.63, 3.8) is 0 Å². The number of amides is 1. The minimum absolute atomic E-state index is 0.121. The van der Waals surface area contributed by atoms with E-state index in [9.17, 15) is 14.3 Å². The first kappa shape index (κ1) is 17.6. The normalized spacial score (nSPS) is 21.5. The molecular formula is C20H24FN2O2+. The van der Waals surface area contributed by atoms with Crippen LogP contribution < -0.4 is 10.6 Å². The van der Waals surface area contributed by atoms with Crippen LogP contribution in [0.15, 0.2) is 54.6 Å². The van der Waals surface area contributed by atoms with Crippen LogP contribution in [0.3, 0.4) is 0 Å². The summed E-state index contributed by atoms with van der Waals surface area (Å²) < 4.78 is 13.0. The van der Waals surface area contributed by atoms with E-state index in [4.69, 9.17) is 0 Å². The first-order chi connectivity index (χ1) is 12.1. The van der Waals surface area contributed by atoms with Gasteiger partial charge in [0.25, 0.3) is 5.91 Å². The van der Waals surface area contributed by atoms with Crippen molar-refractivity contribution in [1.82, 2.24) is 0 Å². The number of nitrogens with one attached hydrogen (secondary N) is 1. The summed E-state index contributed by atoms with van der Waals surface area (Å²) in [5, 5.41) is 14.7. The number of hydrogen-bond donors (Lipinski definition) is 3. The van der Waals surface area contributed by atoms with Crippen LogP contribution in [0.5, 0.6) is 0 Å². The highest BCUT2D eigenvalue weighted by molar-refractivity contribution is 5.94. The number of anilines is 1. The molecule has 0 saturated heterocycles. The molecule has 0 unspecified atom stereocenters. The molecule has 1 amide bonds. The van der Waals surface area contributed by atoms with E-state index in [1.165, 1.54) is 12.1 Å². The Kier molecular flexibility index (Phi) is 5.79. The van der Waals surface area contributed by atoms with Crippen LogP contribution in [0.25, 0.3) is 0 Å². The monoisotopic (exact) mass is 343 g/mol. The number of quaternary nitrogens is 1. The Morgan fingerprint density at radius 1 is 1.04 bits per heavy atom. The molecule has 0 aliphatic heterocycles. The minimum Gasteiger partial charge on any atom is -0.393 e. The molecule has 0 aromatic heterocycles. The van der Waals surface area contributed by atoms with Crippen LogP contribution in [-0.2, 0) is 4.79 Å². The van der Waals surface area contributed by atoms with Crippen molar-refractivity contribution in [1.29, 1.82) is 0 Å². The molecule has 1 aliphatic rings. The van der Waals surface area contributed by atoms with Gasteiger partial charge in [-0.15, -0.1) is 0 Å². The van der Waals surface area contributed by atoms with Crippen molar-refractivity contribution in [3.05, 3.63) is 66.0 Å². The van der Waals surface area contributed by atoms with Crippen molar-refractivity contribution >= 4 is 11.6 Å². The Labute approximate surface area is 147 Å². The second kappa shape index (κ2) is 8.23. The second-order valence-electron chi connectivity index (χ2n) is 6.65. The molecule has 1 aliphatic carbocycles. The van der Waals surface area contributed by atoms with Gasteiger partial charge < -0.3 is 15.7 Å². The predicted octanol–water partition coefficient (Wildman–Crippen LogP) is 2.37. The first-order valence-corrected chi connectivity index (χ1v) is 8.76. The van der Waals surface area contributed by atoms with Crippen LogP contribution in [0, 0.1) is 5.82 Å². The van der Waals surface area contributed by atoms with Crippen LogP contribution in [0.2, 0.25) is 0 Å². The third-order valence-electron chi connectivity index (χ3n) is 4.76. The molecule has 25 heavy (non-hydrogen) atoms. The molecule has 2 aromatic rings. The molecule has 0 heterocycles. The molecule has 3 rings (SSSR count). The van der Waals surface area contributed by atoms with Gasteiger partial charge >= 0.3 is 0 Å². The molecule has 0 bridgehead atoms. The number of carbonyl (C=O) groups excluding carboxylic acids is 1. The zero-order valence-electron chi connectivity index (χ0n) is 14.1. The van der Waals surface area contributed by atoms with Gasteiger partial charge in [0.05, 0.1) is 12.1 Å². The average Bonchev–Trinajstić information content (AvgIpc) is 2.64. The zero-order chi connectivity index (χ0) is 17.6. The summed E-state index contributed by atoms with van der Waals surface area (Å²) >= 11 is 0. The molecular weight excluding hydrogens is 319 g/mol. The molecule has 4 nitrogen and oxygen atoms in total. The number of halogens is 1. The first-order valence-electron chi connectivity index (χ1n) is 8.76. The summed E-state index contributed by atoms with van der Waals surface area (Å²) in [6.45, 7) is 0. The molecule has 4 N–H and O–H groups in total. The van der Waals surface area contributed by atoms with E-state index in [1.807, 2.05) is 30.3 Å². The lowest BCUT2D eigenvalue weighted by Gasteiger charge is -2.27. The highest BCUT2D eigenvalue weighted by atomic mass is 19.1. The Morgan fingerprint density at radius 2 is 1.68 bits per heavy atom. The standard InChI is InChI=1S/C20H23FN2O2/c21-15-6-8-17(9-7-15)23-20(25)19(14-4-2-1-3-5-14)22-16-10-12-18(24)13-11-16/h1-9,16,18-19,22,24H,10-13H2,(H,23,25)/p+1/t16?,18?,19-/m0/s1. The van der Waals surface area contributed by atoms with Gasteiger partial charge in [-0.05, 0) is 37.1 Å². The fourth-order valence-electron chi connectivity index (χ4n) is 3.33. The van der Waals surface area contributed by atoms with Crippen molar-refractivity contribution in [2.24, 2.45) is 0 Å². The summed E-state index contributed by atoms with van der Waals surface area (Å²) in [5.74, 6) is -0.450. The predicted molar refractivity (Wildman–Crippen MR) is 94.4 cm³/mol. The van der Waals surface area contributed by atoms with Crippen LogP contribution >= 0.6 is 0 Å². The van der Waals surface area contributed by atoms with Gasteiger partial charge in [-0.25, -0.2) is 4.39 Å². The van der Waals surface area contributed by atoms with E-state index < -0.39 is 0 Å². The lowest BCUT2D eigenvalue weighted by Crippen LogP contribution is -2.92. The van der Waals surface area contributed by atoms with Gasteiger partial charge in [-0.1, -0.05) is 30.3 Å². The summed E-state index contributed by atoms with van der Waals surface area (Å²) in [6, 6.07) is 15.4. The molecule has 0 spiro atoms. The van der Waals surface area contributed by atoms with Gasteiger partial charge in [0.1, 0.15) is 5.82 Å². The Hall–Kier alpha value is -2.24. The van der Waals surface area contributed by atoms with Crippen LogP contribution in [0.4, 0.5) is 10.1 Å². The van der Waals surface area contributed by atoms with E-state index in [0.29, 0.717) is 11.7 Å². The molecule has 132 valence electrons. The van der Waals surface area contributed by atoms with Gasteiger partial charge in [-0.3, -0.25) is 4.79 Å². The maximum atomic E-state index is 13.0. The zero-order valence-corrected chi connectivity index (χ0v) is 14.1. The Balaban J connectivity index is 1.73. The number of benzene rings is 2. The highest BCUT2D eigenvalue weighted by Gasteiger charge is 2.30. The number of rotatable bonds is 5. The fraction of sp³-hybridized carbons (Fsp3) is 0.350. The summed E-state index contributed by atoms with van der Waals surface area (Å²) in [4.78, 5) is 12.9. The molecule has 1 saturated carbocycles. The number of nitrogens with two attached hydrogens (primary N) is 1. The molecule has 1 fully saturated rings.